The molecule has 0 radical (unpaired) electrons. The van der Waals surface area contributed by atoms with E-state index in [2.05, 4.69) is 10.6 Å². The molecule has 132 valence electrons. The lowest BCUT2D eigenvalue weighted by molar-refractivity contribution is -0.119. The lowest BCUT2D eigenvalue weighted by Crippen LogP contribution is -2.45. The lowest BCUT2D eigenvalue weighted by atomic mass is 10.0. The molecule has 0 aromatic heterocycles. The number of carbonyl (C=O) groups is 3. The minimum Gasteiger partial charge on any atom is -0.368 e. The van der Waals surface area contributed by atoms with E-state index in [1.807, 2.05) is 6.07 Å². The van der Waals surface area contributed by atoms with Crippen LogP contribution in [0, 0.1) is 11.3 Å². The molecule has 2 aromatic carbocycles. The molecule has 2 rings (SSSR count). The van der Waals surface area contributed by atoms with Gasteiger partial charge in [-0.25, -0.2) is 0 Å². The maximum atomic E-state index is 12.4. The first-order valence-corrected chi connectivity index (χ1v) is 7.86. The van der Waals surface area contributed by atoms with Crippen molar-refractivity contribution in [3.8, 4) is 6.07 Å². The number of primary amides is 1. The van der Waals surface area contributed by atoms with Crippen molar-refractivity contribution in [3.05, 3.63) is 65.2 Å². The Morgan fingerprint density at radius 1 is 1.15 bits per heavy atom. The number of anilines is 1. The average molecular weight is 350 g/mol. The van der Waals surface area contributed by atoms with Gasteiger partial charge in [0.05, 0.1) is 11.6 Å². The third kappa shape index (κ3) is 5.18. The predicted molar refractivity (Wildman–Crippen MR) is 96.1 cm³/mol. The average Bonchev–Trinajstić information content (AvgIpc) is 2.60. The number of nitriles is 1. The maximum absolute atomic E-state index is 12.4. The standard InChI is InChI=1S/C19H18N4O3/c1-12(24)22-16-7-3-6-15(10-16)19(26)23-17(18(21)25)9-13-4-2-5-14(8-13)11-20/h2-8,10,17H,9H2,1H3,(H2,21,25)(H,22,24)(H,23,26)/t17-/m1/s1. The number of nitrogens with two attached hydrogens (primary N) is 1. The summed E-state index contributed by atoms with van der Waals surface area (Å²) in [6, 6.07) is 14.2. The van der Waals surface area contributed by atoms with E-state index in [-0.39, 0.29) is 17.9 Å². The summed E-state index contributed by atoms with van der Waals surface area (Å²) in [6.07, 6.45) is 0.169. The highest BCUT2D eigenvalue weighted by Crippen LogP contribution is 2.12. The zero-order valence-electron chi connectivity index (χ0n) is 14.2. The predicted octanol–water partition coefficient (Wildman–Crippen LogP) is 1.34. The summed E-state index contributed by atoms with van der Waals surface area (Å²) in [4.78, 5) is 35.3. The molecular weight excluding hydrogens is 332 g/mol. The zero-order valence-corrected chi connectivity index (χ0v) is 14.2. The summed E-state index contributed by atoms with van der Waals surface area (Å²) in [5.74, 6) is -1.42. The topological polar surface area (TPSA) is 125 Å². The van der Waals surface area contributed by atoms with Crippen molar-refractivity contribution in [3.63, 3.8) is 0 Å². The van der Waals surface area contributed by atoms with Gasteiger partial charge in [0.1, 0.15) is 6.04 Å². The molecule has 0 saturated carbocycles. The van der Waals surface area contributed by atoms with Gasteiger partial charge in [0.2, 0.25) is 11.8 Å². The van der Waals surface area contributed by atoms with Gasteiger partial charge in [-0.05, 0) is 35.9 Å². The van der Waals surface area contributed by atoms with Crippen molar-refractivity contribution in [1.29, 1.82) is 5.26 Å². The van der Waals surface area contributed by atoms with Crippen molar-refractivity contribution in [1.82, 2.24) is 5.32 Å². The van der Waals surface area contributed by atoms with Crippen LogP contribution < -0.4 is 16.4 Å². The van der Waals surface area contributed by atoms with Gasteiger partial charge in [0.25, 0.3) is 5.91 Å². The molecule has 2 aromatic rings. The first kappa shape index (κ1) is 18.7. The fourth-order valence-corrected chi connectivity index (χ4v) is 2.41. The van der Waals surface area contributed by atoms with Crippen molar-refractivity contribution >= 4 is 23.4 Å². The Morgan fingerprint density at radius 2 is 1.88 bits per heavy atom. The molecule has 0 fully saturated rings. The summed E-state index contributed by atoms with van der Waals surface area (Å²) in [5, 5.41) is 14.1. The Hall–Kier alpha value is -3.66. The molecule has 0 unspecified atom stereocenters. The summed E-state index contributed by atoms with van der Waals surface area (Å²) in [7, 11) is 0. The Kier molecular flexibility index (Phi) is 6.06. The van der Waals surface area contributed by atoms with Crippen LogP contribution in [0.3, 0.4) is 0 Å². The van der Waals surface area contributed by atoms with Crippen LogP contribution in [0.25, 0.3) is 0 Å². The highest BCUT2D eigenvalue weighted by Gasteiger charge is 2.20. The summed E-state index contributed by atoms with van der Waals surface area (Å²) in [6.45, 7) is 1.37. The van der Waals surface area contributed by atoms with Crippen molar-refractivity contribution in [2.45, 2.75) is 19.4 Å². The fourth-order valence-electron chi connectivity index (χ4n) is 2.41. The van der Waals surface area contributed by atoms with Crippen molar-refractivity contribution in [2.24, 2.45) is 5.73 Å². The van der Waals surface area contributed by atoms with E-state index in [1.165, 1.54) is 13.0 Å². The first-order chi connectivity index (χ1) is 12.4. The van der Waals surface area contributed by atoms with E-state index in [0.717, 1.165) is 0 Å². The number of nitrogens with one attached hydrogen (secondary N) is 2. The van der Waals surface area contributed by atoms with Crippen LogP contribution in [0.5, 0.6) is 0 Å². The number of carbonyl (C=O) groups excluding carboxylic acids is 3. The van der Waals surface area contributed by atoms with Gasteiger partial charge in [0, 0.05) is 24.6 Å². The van der Waals surface area contributed by atoms with Gasteiger partial charge in [-0.1, -0.05) is 18.2 Å². The maximum Gasteiger partial charge on any atom is 0.252 e. The SMILES string of the molecule is CC(=O)Nc1cccc(C(=O)N[C@H](Cc2cccc(C#N)c2)C(N)=O)c1. The molecular formula is C19H18N4O3. The van der Waals surface area contributed by atoms with Gasteiger partial charge >= 0.3 is 0 Å². The Balaban J connectivity index is 2.14. The second kappa shape index (κ2) is 8.44. The van der Waals surface area contributed by atoms with Crippen LogP contribution in [0.1, 0.15) is 28.4 Å². The molecule has 7 heteroatoms. The fraction of sp³-hybridized carbons (Fsp3) is 0.158. The number of hydrogen-bond acceptors (Lipinski definition) is 4. The molecule has 0 heterocycles. The van der Waals surface area contributed by atoms with Gasteiger partial charge < -0.3 is 16.4 Å². The van der Waals surface area contributed by atoms with Gasteiger partial charge in [0.15, 0.2) is 0 Å². The second-order valence-electron chi connectivity index (χ2n) is 5.71. The van der Waals surface area contributed by atoms with Crippen molar-refractivity contribution < 1.29 is 14.4 Å². The third-order valence-electron chi connectivity index (χ3n) is 3.59. The summed E-state index contributed by atoms with van der Waals surface area (Å²) in [5.41, 5.74) is 7.33. The Labute approximate surface area is 150 Å². The van der Waals surface area contributed by atoms with Crippen LogP contribution in [0.2, 0.25) is 0 Å². The van der Waals surface area contributed by atoms with Crippen LogP contribution in [-0.4, -0.2) is 23.8 Å². The molecule has 0 aliphatic heterocycles. The number of benzene rings is 2. The highest BCUT2D eigenvalue weighted by atomic mass is 16.2. The molecule has 0 aliphatic carbocycles. The smallest absolute Gasteiger partial charge is 0.252 e. The number of amides is 3. The van der Waals surface area contributed by atoms with Gasteiger partial charge in [-0.15, -0.1) is 0 Å². The molecule has 0 saturated heterocycles. The minimum absolute atomic E-state index is 0.169. The van der Waals surface area contributed by atoms with E-state index in [0.29, 0.717) is 16.8 Å². The molecule has 0 aliphatic rings. The van der Waals surface area contributed by atoms with Gasteiger partial charge in [-0.3, -0.25) is 14.4 Å². The zero-order chi connectivity index (χ0) is 19.1. The Morgan fingerprint density at radius 3 is 2.54 bits per heavy atom. The monoisotopic (exact) mass is 350 g/mol. The van der Waals surface area contributed by atoms with E-state index in [4.69, 9.17) is 11.0 Å². The number of nitrogens with zero attached hydrogens (tertiary/aromatic N) is 1. The molecule has 3 amide bonds. The first-order valence-electron chi connectivity index (χ1n) is 7.86. The van der Waals surface area contributed by atoms with Crippen molar-refractivity contribution in [2.75, 3.05) is 5.32 Å². The molecule has 1 atom stereocenters. The highest BCUT2D eigenvalue weighted by molar-refractivity contribution is 5.99. The van der Waals surface area contributed by atoms with Gasteiger partial charge in [-0.2, -0.15) is 5.26 Å². The third-order valence-corrected chi connectivity index (χ3v) is 3.59. The normalized spacial score (nSPS) is 11.1. The van der Waals surface area contributed by atoms with Crippen LogP contribution in [0.15, 0.2) is 48.5 Å². The summed E-state index contributed by atoms with van der Waals surface area (Å²) >= 11 is 0. The van der Waals surface area contributed by atoms with E-state index in [9.17, 15) is 14.4 Å². The van der Waals surface area contributed by atoms with Crippen LogP contribution in [0.4, 0.5) is 5.69 Å². The number of hydrogen-bond donors (Lipinski definition) is 3. The van der Waals surface area contributed by atoms with E-state index >= 15 is 0 Å². The Bertz CT molecular complexity index is 886. The van der Waals surface area contributed by atoms with Crippen LogP contribution in [-0.2, 0) is 16.0 Å². The lowest BCUT2D eigenvalue weighted by Gasteiger charge is -2.16. The quantitative estimate of drug-likeness (QED) is 0.727. The molecule has 26 heavy (non-hydrogen) atoms. The number of rotatable bonds is 6. The molecule has 0 spiro atoms. The van der Waals surface area contributed by atoms with E-state index < -0.39 is 17.9 Å². The van der Waals surface area contributed by atoms with Crippen LogP contribution >= 0.6 is 0 Å². The largest absolute Gasteiger partial charge is 0.368 e. The molecule has 4 N–H and O–H groups in total. The minimum atomic E-state index is -0.930. The summed E-state index contributed by atoms with van der Waals surface area (Å²) < 4.78 is 0. The van der Waals surface area contributed by atoms with E-state index in [1.54, 1.807) is 42.5 Å². The molecule has 7 nitrogen and oxygen atoms in total. The second-order valence-corrected chi connectivity index (χ2v) is 5.71. The molecule has 0 bridgehead atoms.